The maximum Gasteiger partial charge on any atom is 0.333 e. The van der Waals surface area contributed by atoms with Crippen molar-refractivity contribution in [3.63, 3.8) is 0 Å². The number of fused-ring (bicyclic) bond motifs is 2. The van der Waals surface area contributed by atoms with Gasteiger partial charge in [0.2, 0.25) is 5.95 Å². The van der Waals surface area contributed by atoms with Crippen LogP contribution >= 0.6 is 0 Å². The van der Waals surface area contributed by atoms with Crippen molar-refractivity contribution in [1.29, 1.82) is 0 Å². The smallest absolute Gasteiger partial charge is 0.333 e. The van der Waals surface area contributed by atoms with E-state index < -0.39 is 23.8 Å². The predicted octanol–water partition coefficient (Wildman–Crippen LogP) is 1.08. The van der Waals surface area contributed by atoms with Crippen molar-refractivity contribution in [3.8, 4) is 11.8 Å². The maximum atomic E-state index is 13.9. The number of nitrogens with zero attached hydrogens (tertiary/aromatic N) is 6. The highest BCUT2D eigenvalue weighted by Gasteiger charge is 2.27. The van der Waals surface area contributed by atoms with Crippen LogP contribution in [0.25, 0.3) is 22.1 Å². The number of hydrogen-bond donors (Lipinski definition) is 1. The van der Waals surface area contributed by atoms with Crippen molar-refractivity contribution in [1.82, 2.24) is 23.7 Å². The van der Waals surface area contributed by atoms with Crippen molar-refractivity contribution in [2.45, 2.75) is 45.4 Å². The molecule has 1 aliphatic rings. The number of esters is 1. The number of piperidine rings is 1. The van der Waals surface area contributed by atoms with E-state index in [1.165, 1.54) is 11.7 Å². The van der Waals surface area contributed by atoms with Gasteiger partial charge in [0.15, 0.2) is 11.2 Å². The van der Waals surface area contributed by atoms with E-state index in [1.54, 1.807) is 17.6 Å². The molecule has 1 saturated heterocycles. The lowest BCUT2D eigenvalue weighted by Gasteiger charge is -2.31. The Morgan fingerprint density at radius 1 is 1.13 bits per heavy atom. The first-order valence-electron chi connectivity index (χ1n) is 12.5. The molecule has 4 aromatic rings. The normalized spacial score (nSPS) is 15.4. The van der Waals surface area contributed by atoms with Gasteiger partial charge in [-0.3, -0.25) is 28.3 Å². The number of ether oxygens (including phenoxy) is 1. The number of pyridine rings is 1. The fourth-order valence-corrected chi connectivity index (χ4v) is 4.85. The molecule has 0 spiro atoms. The Kier molecular flexibility index (Phi) is 6.98. The molecule has 1 unspecified atom stereocenters. The van der Waals surface area contributed by atoms with Crippen LogP contribution in [0.4, 0.5) is 5.95 Å². The van der Waals surface area contributed by atoms with Crippen LogP contribution in [0, 0.1) is 11.8 Å². The van der Waals surface area contributed by atoms with Crippen molar-refractivity contribution in [2.75, 3.05) is 25.1 Å². The summed E-state index contributed by atoms with van der Waals surface area (Å²) < 4.78 is 8.83. The van der Waals surface area contributed by atoms with Gasteiger partial charge in [0.25, 0.3) is 5.56 Å². The van der Waals surface area contributed by atoms with E-state index in [2.05, 4.69) is 16.8 Å². The molecule has 1 atom stereocenters. The highest BCUT2D eigenvalue weighted by atomic mass is 16.5. The third-order valence-electron chi connectivity index (χ3n) is 6.74. The summed E-state index contributed by atoms with van der Waals surface area (Å²) in [5.74, 6) is 5.74. The topological polar surface area (TPSA) is 130 Å². The van der Waals surface area contributed by atoms with Gasteiger partial charge in [-0.05, 0) is 31.9 Å². The molecule has 0 bridgehead atoms. The molecule has 5 rings (SSSR count). The first-order chi connectivity index (χ1) is 18.4. The van der Waals surface area contributed by atoms with Gasteiger partial charge in [-0.2, -0.15) is 4.98 Å². The number of anilines is 1. The average molecular weight is 516 g/mol. The van der Waals surface area contributed by atoms with Crippen LogP contribution in [-0.2, 0) is 29.2 Å². The minimum atomic E-state index is -0.670. The lowest BCUT2D eigenvalue weighted by Crippen LogP contribution is -2.44. The van der Waals surface area contributed by atoms with E-state index in [4.69, 9.17) is 15.5 Å². The minimum Gasteiger partial charge on any atom is -0.468 e. The second kappa shape index (κ2) is 10.5. The number of para-hydroxylation sites is 1. The number of carbonyl (C=O) groups is 1. The standard InChI is InChI=1S/C27H29N7O4/c1-3-4-14-32-23-24(30-26(32)31-13-7-9-19(28)15-31)33(17-22(35)38-2)27(37)34(25(23)36)16-20-12-11-18-8-5-6-10-21(18)29-20/h5-6,8,10-12,19H,7,9,13-17,28H2,1-2H3. The Hall–Kier alpha value is -4.43. The number of methoxy groups -OCH3 is 1. The maximum absolute atomic E-state index is 13.9. The van der Waals surface area contributed by atoms with E-state index in [-0.39, 0.29) is 30.3 Å². The van der Waals surface area contributed by atoms with Gasteiger partial charge < -0.3 is 15.4 Å². The van der Waals surface area contributed by atoms with Crippen LogP contribution in [0.1, 0.15) is 25.5 Å². The Bertz CT molecular complexity index is 1710. The van der Waals surface area contributed by atoms with Gasteiger partial charge >= 0.3 is 11.7 Å². The highest BCUT2D eigenvalue weighted by molar-refractivity contribution is 5.79. The minimum absolute atomic E-state index is 0.0397. The van der Waals surface area contributed by atoms with Crippen LogP contribution in [0.2, 0.25) is 0 Å². The second-order valence-electron chi connectivity index (χ2n) is 9.28. The molecule has 1 fully saturated rings. The van der Waals surface area contributed by atoms with Gasteiger partial charge in [-0.15, -0.1) is 5.92 Å². The molecular formula is C27H29N7O4. The molecular weight excluding hydrogens is 486 g/mol. The fraction of sp³-hybridized carbons (Fsp3) is 0.370. The predicted molar refractivity (Wildman–Crippen MR) is 144 cm³/mol. The number of imidazole rings is 1. The molecule has 196 valence electrons. The van der Waals surface area contributed by atoms with Crippen molar-refractivity contribution < 1.29 is 9.53 Å². The number of hydrogen-bond acceptors (Lipinski definition) is 8. The number of rotatable bonds is 6. The molecule has 1 aromatic carbocycles. The van der Waals surface area contributed by atoms with Crippen molar-refractivity contribution >= 4 is 34.0 Å². The first kappa shape index (κ1) is 25.2. The summed E-state index contributed by atoms with van der Waals surface area (Å²) in [7, 11) is 1.25. The number of aromatic nitrogens is 5. The molecule has 0 amide bonds. The largest absolute Gasteiger partial charge is 0.468 e. The summed E-state index contributed by atoms with van der Waals surface area (Å²) in [6.07, 6.45) is 1.76. The van der Waals surface area contributed by atoms with Crippen LogP contribution < -0.4 is 21.9 Å². The quantitative estimate of drug-likeness (QED) is 0.298. The zero-order chi connectivity index (χ0) is 26.8. The SMILES string of the molecule is CC#CCn1c(N2CCCC(N)C2)nc2c1c(=O)n(Cc1ccc3ccccc3n1)c(=O)n2CC(=O)OC. The summed E-state index contributed by atoms with van der Waals surface area (Å²) in [4.78, 5) is 51.3. The van der Waals surface area contributed by atoms with Crippen molar-refractivity contribution in [3.05, 3.63) is 62.9 Å². The van der Waals surface area contributed by atoms with E-state index >= 15 is 0 Å². The molecule has 4 heterocycles. The van der Waals surface area contributed by atoms with Gasteiger partial charge in [0.1, 0.15) is 6.54 Å². The lowest BCUT2D eigenvalue weighted by atomic mass is 10.1. The molecule has 2 N–H and O–H groups in total. The van der Waals surface area contributed by atoms with Gasteiger partial charge in [-0.1, -0.05) is 30.2 Å². The average Bonchev–Trinajstić information content (AvgIpc) is 3.31. The van der Waals surface area contributed by atoms with Crippen LogP contribution in [-0.4, -0.2) is 55.9 Å². The molecule has 1 aliphatic heterocycles. The summed E-state index contributed by atoms with van der Waals surface area (Å²) in [6, 6.07) is 11.2. The molecule has 0 radical (unpaired) electrons. The molecule has 3 aromatic heterocycles. The summed E-state index contributed by atoms with van der Waals surface area (Å²) >= 11 is 0. The number of nitrogens with two attached hydrogens (primary N) is 1. The Morgan fingerprint density at radius 2 is 1.95 bits per heavy atom. The number of benzene rings is 1. The molecule has 0 saturated carbocycles. The van der Waals surface area contributed by atoms with Gasteiger partial charge in [-0.25, -0.2) is 4.79 Å². The van der Waals surface area contributed by atoms with E-state index in [1.807, 2.05) is 35.2 Å². The van der Waals surface area contributed by atoms with Crippen LogP contribution in [0.3, 0.4) is 0 Å². The summed E-state index contributed by atoms with van der Waals surface area (Å²) in [5, 5.41) is 0.947. The monoisotopic (exact) mass is 515 g/mol. The first-order valence-corrected chi connectivity index (χ1v) is 12.5. The van der Waals surface area contributed by atoms with E-state index in [9.17, 15) is 14.4 Å². The van der Waals surface area contributed by atoms with E-state index in [0.29, 0.717) is 24.7 Å². The second-order valence-corrected chi connectivity index (χ2v) is 9.28. The molecule has 0 aliphatic carbocycles. The molecule has 11 nitrogen and oxygen atoms in total. The molecule has 11 heteroatoms. The number of carbonyl (C=O) groups excluding carboxylic acids is 1. The lowest BCUT2D eigenvalue weighted by molar-refractivity contribution is -0.141. The van der Waals surface area contributed by atoms with E-state index in [0.717, 1.165) is 28.3 Å². The van der Waals surface area contributed by atoms with Crippen LogP contribution in [0.15, 0.2) is 46.0 Å². The highest BCUT2D eigenvalue weighted by Crippen LogP contribution is 2.23. The molecule has 38 heavy (non-hydrogen) atoms. The Labute approximate surface area is 218 Å². The van der Waals surface area contributed by atoms with Crippen molar-refractivity contribution in [2.24, 2.45) is 5.73 Å². The Balaban J connectivity index is 1.74. The summed E-state index contributed by atoms with van der Waals surface area (Å²) in [5.41, 5.74) is 6.61. The summed E-state index contributed by atoms with van der Waals surface area (Å²) in [6.45, 7) is 2.69. The van der Waals surface area contributed by atoms with Gasteiger partial charge in [0.05, 0.1) is 31.4 Å². The van der Waals surface area contributed by atoms with Gasteiger partial charge in [0, 0.05) is 24.5 Å². The zero-order valence-electron chi connectivity index (χ0n) is 21.4. The third-order valence-corrected chi connectivity index (χ3v) is 6.74. The van der Waals surface area contributed by atoms with Crippen LogP contribution in [0.5, 0.6) is 0 Å². The Morgan fingerprint density at radius 3 is 2.71 bits per heavy atom. The third kappa shape index (κ3) is 4.66. The fourth-order valence-electron chi connectivity index (χ4n) is 4.85. The zero-order valence-corrected chi connectivity index (χ0v) is 21.4.